The largest absolute Gasteiger partial charge is 0.454 e. The van der Waals surface area contributed by atoms with Gasteiger partial charge in [0.1, 0.15) is 5.82 Å². The third-order valence-corrected chi connectivity index (χ3v) is 2.91. The number of hydrazone groups is 1. The van der Waals surface area contributed by atoms with Crippen LogP contribution in [0.1, 0.15) is 15.9 Å². The standard InChI is InChI=1S/C15H11FN2O3/c16-12-4-2-1-3-11(12)8-17-18-15(19)10-5-6-13-14(7-10)21-9-20-13/h1-8H,9H2,(H,18,19). The summed E-state index contributed by atoms with van der Waals surface area (Å²) in [7, 11) is 0. The van der Waals surface area contributed by atoms with Crippen molar-refractivity contribution in [1.82, 2.24) is 5.43 Å². The monoisotopic (exact) mass is 286 g/mol. The first-order valence-corrected chi connectivity index (χ1v) is 6.21. The van der Waals surface area contributed by atoms with E-state index in [1.54, 1.807) is 36.4 Å². The molecule has 0 aromatic heterocycles. The zero-order valence-corrected chi connectivity index (χ0v) is 10.9. The number of amides is 1. The molecule has 1 N–H and O–H groups in total. The van der Waals surface area contributed by atoms with Crippen molar-refractivity contribution in [2.75, 3.05) is 6.79 Å². The van der Waals surface area contributed by atoms with Gasteiger partial charge in [-0.05, 0) is 24.3 Å². The molecule has 106 valence electrons. The van der Waals surface area contributed by atoms with E-state index in [1.807, 2.05) is 0 Å². The van der Waals surface area contributed by atoms with Gasteiger partial charge in [-0.1, -0.05) is 18.2 Å². The number of hydrogen-bond donors (Lipinski definition) is 1. The molecule has 5 nitrogen and oxygen atoms in total. The average molecular weight is 286 g/mol. The highest BCUT2D eigenvalue weighted by Gasteiger charge is 2.15. The van der Waals surface area contributed by atoms with Crippen LogP contribution in [0.3, 0.4) is 0 Å². The van der Waals surface area contributed by atoms with Crippen LogP contribution >= 0.6 is 0 Å². The quantitative estimate of drug-likeness (QED) is 0.696. The molecule has 0 bridgehead atoms. The van der Waals surface area contributed by atoms with Gasteiger partial charge in [0.2, 0.25) is 6.79 Å². The molecule has 0 saturated carbocycles. The Balaban J connectivity index is 1.68. The predicted molar refractivity (Wildman–Crippen MR) is 74.0 cm³/mol. The lowest BCUT2D eigenvalue weighted by Crippen LogP contribution is -2.17. The van der Waals surface area contributed by atoms with Gasteiger partial charge < -0.3 is 9.47 Å². The smallest absolute Gasteiger partial charge is 0.271 e. The molecule has 2 aromatic rings. The second-order valence-corrected chi connectivity index (χ2v) is 4.29. The molecule has 1 amide bonds. The number of benzene rings is 2. The zero-order valence-electron chi connectivity index (χ0n) is 10.9. The Morgan fingerprint density at radius 1 is 1.19 bits per heavy atom. The maximum atomic E-state index is 13.4. The number of hydrogen-bond acceptors (Lipinski definition) is 4. The number of rotatable bonds is 3. The summed E-state index contributed by atoms with van der Waals surface area (Å²) in [6.45, 7) is 0.145. The lowest BCUT2D eigenvalue weighted by atomic mass is 10.2. The first kappa shape index (κ1) is 13.1. The number of carbonyl (C=O) groups is 1. The van der Waals surface area contributed by atoms with Crippen molar-refractivity contribution in [2.24, 2.45) is 5.10 Å². The molecule has 1 aliphatic rings. The van der Waals surface area contributed by atoms with Gasteiger partial charge in [0, 0.05) is 11.1 Å². The van der Waals surface area contributed by atoms with Gasteiger partial charge in [0.25, 0.3) is 5.91 Å². The van der Waals surface area contributed by atoms with E-state index in [-0.39, 0.29) is 6.79 Å². The van der Waals surface area contributed by atoms with E-state index in [0.717, 1.165) is 0 Å². The Hall–Kier alpha value is -2.89. The average Bonchev–Trinajstić information content (AvgIpc) is 2.96. The lowest BCUT2D eigenvalue weighted by molar-refractivity contribution is 0.0954. The molecule has 0 aliphatic carbocycles. The number of ether oxygens (including phenoxy) is 2. The maximum Gasteiger partial charge on any atom is 0.271 e. The van der Waals surface area contributed by atoms with E-state index in [9.17, 15) is 9.18 Å². The molecule has 1 heterocycles. The van der Waals surface area contributed by atoms with Crippen molar-refractivity contribution in [3.8, 4) is 11.5 Å². The summed E-state index contributed by atoms with van der Waals surface area (Å²) in [5.41, 5.74) is 3.01. The van der Waals surface area contributed by atoms with Gasteiger partial charge in [0.15, 0.2) is 11.5 Å². The van der Waals surface area contributed by atoms with Crippen molar-refractivity contribution in [3.63, 3.8) is 0 Å². The van der Waals surface area contributed by atoms with Crippen LogP contribution < -0.4 is 14.9 Å². The Kier molecular flexibility index (Phi) is 3.51. The second kappa shape index (κ2) is 5.62. The minimum atomic E-state index is -0.416. The summed E-state index contributed by atoms with van der Waals surface area (Å²) in [6.07, 6.45) is 1.25. The fourth-order valence-corrected chi connectivity index (χ4v) is 1.84. The minimum Gasteiger partial charge on any atom is -0.454 e. The van der Waals surface area contributed by atoms with Gasteiger partial charge in [-0.2, -0.15) is 5.10 Å². The molecule has 0 radical (unpaired) electrons. The summed E-state index contributed by atoms with van der Waals surface area (Å²) in [4.78, 5) is 11.9. The molecule has 21 heavy (non-hydrogen) atoms. The molecule has 2 aromatic carbocycles. The van der Waals surface area contributed by atoms with E-state index in [2.05, 4.69) is 10.5 Å². The van der Waals surface area contributed by atoms with Gasteiger partial charge in [-0.3, -0.25) is 4.79 Å². The van der Waals surface area contributed by atoms with E-state index in [0.29, 0.717) is 22.6 Å². The fraction of sp³-hybridized carbons (Fsp3) is 0.0667. The number of nitrogens with one attached hydrogen (secondary N) is 1. The number of fused-ring (bicyclic) bond motifs is 1. The van der Waals surface area contributed by atoms with Crippen molar-refractivity contribution in [3.05, 3.63) is 59.4 Å². The third-order valence-electron chi connectivity index (χ3n) is 2.91. The van der Waals surface area contributed by atoms with Crippen molar-refractivity contribution in [1.29, 1.82) is 0 Å². The molecule has 0 fully saturated rings. The van der Waals surface area contributed by atoms with Gasteiger partial charge in [-0.15, -0.1) is 0 Å². The molecule has 0 spiro atoms. The Bertz CT molecular complexity index is 716. The summed E-state index contributed by atoms with van der Waals surface area (Å²) >= 11 is 0. The highest BCUT2D eigenvalue weighted by molar-refractivity contribution is 5.95. The van der Waals surface area contributed by atoms with Crippen LogP contribution in [0.5, 0.6) is 11.5 Å². The maximum absolute atomic E-state index is 13.4. The molecular weight excluding hydrogens is 275 g/mol. The highest BCUT2D eigenvalue weighted by atomic mass is 19.1. The molecule has 0 unspecified atom stereocenters. The summed E-state index contributed by atoms with van der Waals surface area (Å²) in [5, 5.41) is 3.74. The fourth-order valence-electron chi connectivity index (χ4n) is 1.84. The van der Waals surface area contributed by atoms with Crippen molar-refractivity contribution < 1.29 is 18.7 Å². The molecule has 0 atom stereocenters. The zero-order chi connectivity index (χ0) is 14.7. The van der Waals surface area contributed by atoms with E-state index >= 15 is 0 Å². The van der Waals surface area contributed by atoms with Crippen LogP contribution in [0.15, 0.2) is 47.6 Å². The minimum absolute atomic E-state index is 0.145. The normalized spacial score (nSPS) is 12.6. The van der Waals surface area contributed by atoms with Crippen molar-refractivity contribution in [2.45, 2.75) is 0 Å². The van der Waals surface area contributed by atoms with Gasteiger partial charge in [0.05, 0.1) is 6.21 Å². The van der Waals surface area contributed by atoms with Crippen LogP contribution in [0.4, 0.5) is 4.39 Å². The second-order valence-electron chi connectivity index (χ2n) is 4.29. The van der Waals surface area contributed by atoms with E-state index in [4.69, 9.17) is 9.47 Å². The Morgan fingerprint density at radius 3 is 2.86 bits per heavy atom. The SMILES string of the molecule is O=C(NN=Cc1ccccc1F)c1ccc2c(c1)OCO2. The van der Waals surface area contributed by atoms with E-state index in [1.165, 1.54) is 12.3 Å². The van der Waals surface area contributed by atoms with Gasteiger partial charge in [-0.25, -0.2) is 9.82 Å². The number of nitrogens with zero attached hydrogens (tertiary/aromatic N) is 1. The summed E-state index contributed by atoms with van der Waals surface area (Å²) in [5.74, 6) is 0.293. The molecule has 1 aliphatic heterocycles. The molecular formula is C15H11FN2O3. The summed E-state index contributed by atoms with van der Waals surface area (Å²) in [6, 6.07) is 11.0. The number of halogens is 1. The predicted octanol–water partition coefficient (Wildman–Crippen LogP) is 2.32. The first-order valence-electron chi connectivity index (χ1n) is 6.21. The van der Waals surface area contributed by atoms with Crippen LogP contribution in [0, 0.1) is 5.82 Å². The van der Waals surface area contributed by atoms with Gasteiger partial charge >= 0.3 is 0 Å². The molecule has 3 rings (SSSR count). The Morgan fingerprint density at radius 2 is 2.00 bits per heavy atom. The summed E-state index contributed by atoms with van der Waals surface area (Å²) < 4.78 is 23.7. The van der Waals surface area contributed by atoms with Crippen molar-refractivity contribution >= 4 is 12.1 Å². The van der Waals surface area contributed by atoms with Crippen LogP contribution in [0.25, 0.3) is 0 Å². The lowest BCUT2D eigenvalue weighted by Gasteiger charge is -2.01. The number of carbonyl (C=O) groups excluding carboxylic acids is 1. The highest BCUT2D eigenvalue weighted by Crippen LogP contribution is 2.32. The first-order chi connectivity index (χ1) is 10.2. The van der Waals surface area contributed by atoms with Crippen LogP contribution in [0.2, 0.25) is 0 Å². The molecule has 0 saturated heterocycles. The van der Waals surface area contributed by atoms with E-state index < -0.39 is 11.7 Å². The third kappa shape index (κ3) is 2.84. The topological polar surface area (TPSA) is 59.9 Å². The van der Waals surface area contributed by atoms with Crippen LogP contribution in [-0.2, 0) is 0 Å². The Labute approximate surface area is 120 Å². The molecule has 6 heteroatoms. The van der Waals surface area contributed by atoms with Crippen LogP contribution in [-0.4, -0.2) is 18.9 Å².